The zero-order chi connectivity index (χ0) is 18.6. The van der Waals surface area contributed by atoms with Crippen molar-refractivity contribution in [3.05, 3.63) is 58.8 Å². The number of aromatic nitrogens is 2. The number of sulfone groups is 1. The molecule has 8 heteroatoms. The smallest absolute Gasteiger partial charge is 0.253 e. The summed E-state index contributed by atoms with van der Waals surface area (Å²) in [6, 6.07) is 9.60. The first-order valence-corrected chi connectivity index (χ1v) is 10.2. The minimum Gasteiger partial charge on any atom is -0.354 e. The van der Waals surface area contributed by atoms with Gasteiger partial charge in [0.15, 0.2) is 9.84 Å². The van der Waals surface area contributed by atoms with Crippen LogP contribution in [0.1, 0.15) is 30.9 Å². The van der Waals surface area contributed by atoms with Crippen LogP contribution in [0.2, 0.25) is 0 Å². The molecule has 26 heavy (non-hydrogen) atoms. The summed E-state index contributed by atoms with van der Waals surface area (Å²) in [5, 5.41) is 2.64. The Labute approximate surface area is 152 Å². The molecule has 0 radical (unpaired) electrons. The summed E-state index contributed by atoms with van der Waals surface area (Å²) in [4.78, 5) is 28.3. The number of nitrogens with zero attached hydrogens (tertiary/aromatic N) is 2. The number of hydrogen-bond acceptors (Lipinski definition) is 5. The summed E-state index contributed by atoms with van der Waals surface area (Å²) < 4.78 is 25.7. The third-order valence-electron chi connectivity index (χ3n) is 4.27. The molecule has 1 aliphatic rings. The lowest BCUT2D eigenvalue weighted by Gasteiger charge is -2.08. The largest absolute Gasteiger partial charge is 0.354 e. The van der Waals surface area contributed by atoms with Gasteiger partial charge in [-0.2, -0.15) is 0 Å². The van der Waals surface area contributed by atoms with Gasteiger partial charge in [0.25, 0.3) is 5.56 Å². The quantitative estimate of drug-likeness (QED) is 0.745. The molecule has 1 aromatic heterocycles. The predicted molar refractivity (Wildman–Crippen MR) is 96.6 cm³/mol. The highest BCUT2D eigenvalue weighted by atomic mass is 32.2. The normalized spacial score (nSPS) is 14.2. The lowest BCUT2D eigenvalue weighted by atomic mass is 10.3. The molecule has 0 aliphatic heterocycles. The van der Waals surface area contributed by atoms with E-state index in [0.29, 0.717) is 12.5 Å². The van der Waals surface area contributed by atoms with Crippen molar-refractivity contribution >= 4 is 15.7 Å². The lowest BCUT2D eigenvalue weighted by Crippen LogP contribution is -2.31. The Bertz CT molecular complexity index is 934. The Morgan fingerprint density at radius 3 is 2.62 bits per heavy atom. The van der Waals surface area contributed by atoms with Gasteiger partial charge in [0, 0.05) is 31.5 Å². The zero-order valence-corrected chi connectivity index (χ0v) is 15.1. The van der Waals surface area contributed by atoms with Crippen molar-refractivity contribution in [1.29, 1.82) is 0 Å². The highest BCUT2D eigenvalue weighted by Gasteiger charge is 2.25. The Balaban J connectivity index is 1.45. The molecule has 138 valence electrons. The number of hydrogen-bond donors (Lipinski definition) is 1. The van der Waals surface area contributed by atoms with Crippen LogP contribution >= 0.6 is 0 Å². The average Bonchev–Trinajstić information content (AvgIpc) is 3.47. The van der Waals surface area contributed by atoms with Gasteiger partial charge in [0.05, 0.1) is 22.7 Å². The third kappa shape index (κ3) is 4.78. The van der Waals surface area contributed by atoms with Crippen molar-refractivity contribution in [1.82, 2.24) is 14.9 Å². The molecule has 0 atom stereocenters. The maximum Gasteiger partial charge on any atom is 0.253 e. The molecule has 1 N–H and O–H groups in total. The Hall–Kier alpha value is -2.48. The average molecular weight is 375 g/mol. The molecule has 3 rings (SSSR count). The molecule has 0 unspecified atom stereocenters. The van der Waals surface area contributed by atoms with Crippen LogP contribution in [0.15, 0.2) is 52.4 Å². The van der Waals surface area contributed by atoms with Crippen molar-refractivity contribution in [3.8, 4) is 0 Å². The maximum absolute atomic E-state index is 12.1. The molecule has 1 amide bonds. The summed E-state index contributed by atoms with van der Waals surface area (Å²) in [6.07, 6.45) is 3.55. The Morgan fingerprint density at radius 2 is 1.96 bits per heavy atom. The van der Waals surface area contributed by atoms with Crippen molar-refractivity contribution in [2.75, 3.05) is 12.3 Å². The number of carbonyl (C=O) groups excluding carboxylic acids is 1. The molecule has 7 nitrogen and oxygen atoms in total. The van der Waals surface area contributed by atoms with Crippen molar-refractivity contribution < 1.29 is 13.2 Å². The molecule has 1 saturated carbocycles. The first-order chi connectivity index (χ1) is 12.5. The van der Waals surface area contributed by atoms with Gasteiger partial charge in [-0.25, -0.2) is 13.4 Å². The minimum atomic E-state index is -3.47. The van der Waals surface area contributed by atoms with Gasteiger partial charge in [-0.15, -0.1) is 0 Å². The molecule has 1 aromatic carbocycles. The van der Waals surface area contributed by atoms with Crippen LogP contribution in [0.5, 0.6) is 0 Å². The van der Waals surface area contributed by atoms with E-state index in [1.54, 1.807) is 24.3 Å². The molecule has 0 spiro atoms. The van der Waals surface area contributed by atoms with Gasteiger partial charge in [-0.1, -0.05) is 18.2 Å². The third-order valence-corrected chi connectivity index (χ3v) is 6.00. The monoisotopic (exact) mass is 375 g/mol. The van der Waals surface area contributed by atoms with Gasteiger partial charge in [0.1, 0.15) is 0 Å². The van der Waals surface area contributed by atoms with E-state index in [0.717, 1.165) is 18.5 Å². The van der Waals surface area contributed by atoms with E-state index in [4.69, 9.17) is 0 Å². The molecular formula is C18H21N3O4S. The number of amides is 1. The van der Waals surface area contributed by atoms with Crippen LogP contribution in [-0.4, -0.2) is 36.2 Å². The fourth-order valence-corrected chi connectivity index (χ4v) is 3.85. The van der Waals surface area contributed by atoms with E-state index in [-0.39, 0.29) is 35.1 Å². The van der Waals surface area contributed by atoms with Crippen LogP contribution in [-0.2, 0) is 21.2 Å². The molecule has 2 aromatic rings. The molecule has 1 heterocycles. The number of rotatable bonds is 8. The van der Waals surface area contributed by atoms with E-state index in [1.807, 2.05) is 0 Å². The lowest BCUT2D eigenvalue weighted by molar-refractivity contribution is -0.120. The van der Waals surface area contributed by atoms with Crippen molar-refractivity contribution in [2.45, 2.75) is 36.6 Å². The minimum absolute atomic E-state index is 0.120. The summed E-state index contributed by atoms with van der Waals surface area (Å²) in [6.45, 7) is 0.544. The number of nitrogens with one attached hydrogen (secondary N) is 1. The Kier molecular flexibility index (Phi) is 5.51. The van der Waals surface area contributed by atoms with Gasteiger partial charge in [-0.3, -0.25) is 14.2 Å². The SMILES string of the molecule is O=C(CCS(=O)(=O)c1ccccc1)NCCn1cnc(C2CC2)cc1=O. The zero-order valence-electron chi connectivity index (χ0n) is 14.3. The molecule has 1 fully saturated rings. The molecular weight excluding hydrogens is 354 g/mol. The summed E-state index contributed by atoms with van der Waals surface area (Å²) in [5.74, 6) is -0.191. The van der Waals surface area contributed by atoms with E-state index < -0.39 is 9.84 Å². The second-order valence-corrected chi connectivity index (χ2v) is 8.46. The van der Waals surface area contributed by atoms with Crippen LogP contribution in [0.4, 0.5) is 0 Å². The van der Waals surface area contributed by atoms with Crippen LogP contribution < -0.4 is 10.9 Å². The van der Waals surface area contributed by atoms with Crippen LogP contribution in [0.3, 0.4) is 0 Å². The highest BCUT2D eigenvalue weighted by Crippen LogP contribution is 2.38. The highest BCUT2D eigenvalue weighted by molar-refractivity contribution is 7.91. The van der Waals surface area contributed by atoms with Crippen LogP contribution in [0, 0.1) is 0 Å². The van der Waals surface area contributed by atoms with Gasteiger partial charge < -0.3 is 5.32 Å². The number of carbonyl (C=O) groups is 1. The topological polar surface area (TPSA) is 98.1 Å². The van der Waals surface area contributed by atoms with Crippen LogP contribution in [0.25, 0.3) is 0 Å². The standard InChI is InChI=1S/C18H21N3O4S/c22-17(8-11-26(24,25)15-4-2-1-3-5-15)19-9-10-21-13-20-16(12-18(21)23)14-6-7-14/h1-5,12-14H,6-11H2,(H,19,22). The summed E-state index contributed by atoms with van der Waals surface area (Å²) in [5.41, 5.74) is 0.698. The molecule has 0 saturated heterocycles. The fourth-order valence-electron chi connectivity index (χ4n) is 2.59. The van der Waals surface area contributed by atoms with E-state index >= 15 is 0 Å². The number of benzene rings is 1. The van der Waals surface area contributed by atoms with Gasteiger partial charge >= 0.3 is 0 Å². The van der Waals surface area contributed by atoms with E-state index in [2.05, 4.69) is 10.3 Å². The van der Waals surface area contributed by atoms with E-state index in [9.17, 15) is 18.0 Å². The van der Waals surface area contributed by atoms with Gasteiger partial charge in [0.2, 0.25) is 5.91 Å². The Morgan fingerprint density at radius 1 is 1.23 bits per heavy atom. The fraction of sp³-hybridized carbons (Fsp3) is 0.389. The maximum atomic E-state index is 12.1. The van der Waals surface area contributed by atoms with Gasteiger partial charge in [-0.05, 0) is 25.0 Å². The first kappa shape index (κ1) is 18.3. The summed E-state index contributed by atoms with van der Waals surface area (Å²) >= 11 is 0. The molecule has 0 bridgehead atoms. The van der Waals surface area contributed by atoms with Crippen molar-refractivity contribution in [3.63, 3.8) is 0 Å². The molecule has 1 aliphatic carbocycles. The van der Waals surface area contributed by atoms with Crippen molar-refractivity contribution in [2.24, 2.45) is 0 Å². The second kappa shape index (κ2) is 7.82. The first-order valence-electron chi connectivity index (χ1n) is 8.56. The predicted octanol–water partition coefficient (Wildman–Crippen LogP) is 1.10. The summed E-state index contributed by atoms with van der Waals surface area (Å²) in [7, 11) is -3.47. The van der Waals surface area contributed by atoms with E-state index in [1.165, 1.54) is 23.0 Å². The second-order valence-electron chi connectivity index (χ2n) is 6.35.